The predicted molar refractivity (Wildman–Crippen MR) is 132 cm³/mol. The van der Waals surface area contributed by atoms with E-state index in [9.17, 15) is 9.18 Å². The van der Waals surface area contributed by atoms with Crippen LogP contribution in [0, 0.1) is 5.82 Å². The first-order valence-electron chi connectivity index (χ1n) is 12.1. The zero-order valence-electron chi connectivity index (χ0n) is 20.4. The third kappa shape index (κ3) is 5.63. The number of pyridine rings is 1. The maximum atomic E-state index is 13.6. The maximum absolute atomic E-state index is 13.6. The SMILES string of the molecule is C[C@@H]1CN(CC(=O)N2CC(C)(C)c3ncc(Cc4ccc(F)cc4)cc32)[C@@H](CNCCO)CN1. The molecule has 0 radical (unpaired) electrons. The molecule has 184 valence electrons. The number of fused-ring (bicyclic) bond motifs is 1. The van der Waals surface area contributed by atoms with Crippen LogP contribution >= 0.6 is 0 Å². The Bertz CT molecular complexity index is 997. The van der Waals surface area contributed by atoms with Gasteiger partial charge in [0.2, 0.25) is 5.91 Å². The number of piperazine rings is 1. The summed E-state index contributed by atoms with van der Waals surface area (Å²) in [5, 5.41) is 15.8. The second-order valence-electron chi connectivity index (χ2n) is 10.2. The summed E-state index contributed by atoms with van der Waals surface area (Å²) in [4.78, 5) is 22.5. The Labute approximate surface area is 201 Å². The molecular weight excluding hydrogens is 433 g/mol. The van der Waals surface area contributed by atoms with Gasteiger partial charge in [-0.1, -0.05) is 26.0 Å². The van der Waals surface area contributed by atoms with Gasteiger partial charge in [0, 0.05) is 56.4 Å². The number of nitrogens with one attached hydrogen (secondary N) is 2. The number of carbonyl (C=O) groups is 1. The van der Waals surface area contributed by atoms with Crippen molar-refractivity contribution in [2.24, 2.45) is 0 Å². The van der Waals surface area contributed by atoms with Crippen LogP contribution in [-0.2, 0) is 16.6 Å². The second kappa shape index (κ2) is 10.5. The van der Waals surface area contributed by atoms with Gasteiger partial charge in [-0.2, -0.15) is 0 Å². The summed E-state index contributed by atoms with van der Waals surface area (Å²) in [7, 11) is 0. The molecule has 3 N–H and O–H groups in total. The van der Waals surface area contributed by atoms with Gasteiger partial charge in [0.05, 0.1) is 24.5 Å². The molecule has 0 saturated carbocycles. The Balaban J connectivity index is 1.51. The number of hydrogen-bond acceptors (Lipinski definition) is 6. The van der Waals surface area contributed by atoms with E-state index in [0.29, 0.717) is 32.1 Å². The Kier molecular flexibility index (Phi) is 7.62. The van der Waals surface area contributed by atoms with Crippen molar-refractivity contribution in [1.29, 1.82) is 0 Å². The molecule has 1 aromatic carbocycles. The van der Waals surface area contributed by atoms with Crippen molar-refractivity contribution in [3.63, 3.8) is 0 Å². The standard InChI is InChI=1S/C26H36FN5O2/c1-18-15-31(22(14-29-18)13-28-8-9-33)16-24(34)32-17-26(2,3)25-23(32)11-20(12-30-25)10-19-4-6-21(27)7-5-19/h4-7,11-12,18,22,28-29,33H,8-10,13-17H2,1-3H3/t18-,22+/m1/s1. The van der Waals surface area contributed by atoms with Crippen LogP contribution in [0.4, 0.5) is 10.1 Å². The number of aliphatic hydroxyl groups is 1. The van der Waals surface area contributed by atoms with Crippen molar-refractivity contribution in [2.75, 3.05) is 50.8 Å². The molecule has 1 aromatic heterocycles. The number of carbonyl (C=O) groups excluding carboxylic acids is 1. The van der Waals surface area contributed by atoms with E-state index < -0.39 is 0 Å². The van der Waals surface area contributed by atoms with Gasteiger partial charge in [-0.05, 0) is 42.7 Å². The summed E-state index contributed by atoms with van der Waals surface area (Å²) in [5.74, 6) is -0.171. The van der Waals surface area contributed by atoms with Crippen LogP contribution < -0.4 is 15.5 Å². The van der Waals surface area contributed by atoms with Crippen LogP contribution in [-0.4, -0.2) is 78.9 Å². The van der Waals surface area contributed by atoms with Gasteiger partial charge in [-0.3, -0.25) is 14.7 Å². The highest BCUT2D eigenvalue weighted by atomic mass is 19.1. The fraction of sp³-hybridized carbons (Fsp3) is 0.538. The van der Waals surface area contributed by atoms with E-state index in [2.05, 4.69) is 42.4 Å². The van der Waals surface area contributed by atoms with Crippen molar-refractivity contribution in [3.05, 3.63) is 59.2 Å². The van der Waals surface area contributed by atoms with Gasteiger partial charge in [0.15, 0.2) is 0 Å². The van der Waals surface area contributed by atoms with Gasteiger partial charge >= 0.3 is 0 Å². The van der Waals surface area contributed by atoms with Gasteiger partial charge in [0.1, 0.15) is 5.82 Å². The molecule has 2 aliphatic rings. The number of hydrogen-bond donors (Lipinski definition) is 3. The van der Waals surface area contributed by atoms with E-state index in [1.807, 2.05) is 11.1 Å². The molecule has 3 heterocycles. The van der Waals surface area contributed by atoms with Crippen molar-refractivity contribution in [2.45, 2.75) is 44.7 Å². The monoisotopic (exact) mass is 469 g/mol. The minimum atomic E-state index is -0.249. The molecule has 2 aromatic rings. The van der Waals surface area contributed by atoms with Crippen LogP contribution in [0.1, 0.15) is 37.6 Å². The highest BCUT2D eigenvalue weighted by Crippen LogP contribution is 2.39. The minimum Gasteiger partial charge on any atom is -0.395 e. The Morgan fingerprint density at radius 2 is 2.06 bits per heavy atom. The Morgan fingerprint density at radius 3 is 2.79 bits per heavy atom. The van der Waals surface area contributed by atoms with E-state index in [1.54, 1.807) is 12.1 Å². The zero-order valence-corrected chi connectivity index (χ0v) is 20.4. The summed E-state index contributed by atoms with van der Waals surface area (Å²) in [6.45, 7) is 10.3. The lowest BCUT2D eigenvalue weighted by Gasteiger charge is -2.39. The van der Waals surface area contributed by atoms with E-state index in [0.717, 1.165) is 42.1 Å². The molecule has 1 amide bonds. The van der Waals surface area contributed by atoms with Crippen molar-refractivity contribution < 1.29 is 14.3 Å². The lowest BCUT2D eigenvalue weighted by Crippen LogP contribution is -2.60. The molecule has 1 saturated heterocycles. The molecule has 0 bridgehead atoms. The molecule has 1 fully saturated rings. The van der Waals surface area contributed by atoms with Crippen molar-refractivity contribution in [3.8, 4) is 0 Å². The maximum Gasteiger partial charge on any atom is 0.241 e. The van der Waals surface area contributed by atoms with Crippen LogP contribution in [0.25, 0.3) is 0 Å². The first kappa shape index (κ1) is 24.7. The van der Waals surface area contributed by atoms with Crippen LogP contribution in [0.15, 0.2) is 36.5 Å². The number of aromatic nitrogens is 1. The molecule has 8 heteroatoms. The van der Waals surface area contributed by atoms with E-state index in [1.165, 1.54) is 12.1 Å². The van der Waals surface area contributed by atoms with Crippen LogP contribution in [0.5, 0.6) is 0 Å². The summed E-state index contributed by atoms with van der Waals surface area (Å²) in [6.07, 6.45) is 2.51. The minimum absolute atomic E-state index is 0.0776. The molecule has 7 nitrogen and oxygen atoms in total. The molecule has 0 unspecified atom stereocenters. The molecule has 0 spiro atoms. The average molecular weight is 470 g/mol. The van der Waals surface area contributed by atoms with E-state index in [4.69, 9.17) is 10.1 Å². The molecule has 0 aliphatic carbocycles. The van der Waals surface area contributed by atoms with Gasteiger partial charge in [-0.25, -0.2) is 4.39 Å². The number of amides is 1. The molecule has 4 rings (SSSR count). The molecular formula is C26H36FN5O2. The Hall–Kier alpha value is -2.39. The summed E-state index contributed by atoms with van der Waals surface area (Å²) in [6, 6.07) is 9.07. The van der Waals surface area contributed by atoms with Crippen LogP contribution in [0.2, 0.25) is 0 Å². The van der Waals surface area contributed by atoms with Crippen molar-refractivity contribution >= 4 is 11.6 Å². The molecule has 2 atom stereocenters. The number of benzene rings is 1. The fourth-order valence-corrected chi connectivity index (χ4v) is 4.97. The Morgan fingerprint density at radius 1 is 1.29 bits per heavy atom. The lowest BCUT2D eigenvalue weighted by atomic mass is 9.91. The topological polar surface area (TPSA) is 80.7 Å². The summed E-state index contributed by atoms with van der Waals surface area (Å²) >= 11 is 0. The number of nitrogens with zero attached hydrogens (tertiary/aromatic N) is 3. The highest BCUT2D eigenvalue weighted by Gasteiger charge is 2.40. The van der Waals surface area contributed by atoms with Gasteiger partial charge in [-0.15, -0.1) is 0 Å². The molecule has 2 aliphatic heterocycles. The largest absolute Gasteiger partial charge is 0.395 e. The first-order valence-corrected chi connectivity index (χ1v) is 12.1. The number of halogens is 1. The second-order valence-corrected chi connectivity index (χ2v) is 10.2. The quantitative estimate of drug-likeness (QED) is 0.511. The lowest BCUT2D eigenvalue weighted by molar-refractivity contribution is -0.120. The first-order chi connectivity index (χ1) is 16.3. The number of aliphatic hydroxyl groups excluding tert-OH is 1. The molecule has 34 heavy (non-hydrogen) atoms. The highest BCUT2D eigenvalue weighted by molar-refractivity contribution is 5.97. The van der Waals surface area contributed by atoms with Gasteiger partial charge in [0.25, 0.3) is 0 Å². The smallest absolute Gasteiger partial charge is 0.241 e. The normalized spacial score (nSPS) is 22.1. The van der Waals surface area contributed by atoms with E-state index >= 15 is 0 Å². The summed E-state index contributed by atoms with van der Waals surface area (Å²) in [5.41, 5.74) is 3.61. The van der Waals surface area contributed by atoms with Crippen LogP contribution in [0.3, 0.4) is 0 Å². The zero-order chi connectivity index (χ0) is 24.3. The fourth-order valence-electron chi connectivity index (χ4n) is 4.97. The summed E-state index contributed by atoms with van der Waals surface area (Å²) < 4.78 is 13.3. The predicted octanol–water partition coefficient (Wildman–Crippen LogP) is 1.68. The number of rotatable bonds is 8. The van der Waals surface area contributed by atoms with E-state index in [-0.39, 0.29) is 29.8 Å². The third-order valence-corrected chi connectivity index (χ3v) is 6.77. The van der Waals surface area contributed by atoms with Crippen molar-refractivity contribution in [1.82, 2.24) is 20.5 Å². The average Bonchev–Trinajstić information content (AvgIpc) is 3.07. The third-order valence-electron chi connectivity index (χ3n) is 6.77. The number of anilines is 1. The van der Waals surface area contributed by atoms with Gasteiger partial charge < -0.3 is 20.6 Å².